The Balaban J connectivity index is 1.85. The van der Waals surface area contributed by atoms with Crippen LogP contribution in [0.1, 0.15) is 47.6 Å². The molecule has 1 aliphatic carbocycles. The Kier molecular flexibility index (Phi) is 5.49. The summed E-state index contributed by atoms with van der Waals surface area (Å²) in [4.78, 5) is 13.3. The van der Waals surface area contributed by atoms with E-state index in [0.29, 0.717) is 39.8 Å². The Bertz CT molecular complexity index is 1040. The van der Waals surface area contributed by atoms with Crippen molar-refractivity contribution < 1.29 is 23.1 Å². The van der Waals surface area contributed by atoms with Crippen molar-refractivity contribution >= 4 is 34.9 Å². The lowest BCUT2D eigenvalue weighted by atomic mass is 9.84. The molecule has 2 aromatic carbocycles. The highest BCUT2D eigenvalue weighted by Crippen LogP contribution is 2.53. The van der Waals surface area contributed by atoms with Crippen LogP contribution in [0, 0.1) is 5.92 Å². The summed E-state index contributed by atoms with van der Waals surface area (Å²) in [6.45, 7) is 0. The molecule has 0 saturated heterocycles. The van der Waals surface area contributed by atoms with E-state index in [2.05, 4.69) is 0 Å². The van der Waals surface area contributed by atoms with Crippen LogP contribution in [0.25, 0.3) is 0 Å². The maximum Gasteiger partial charge on any atom is 0.395 e. The molecule has 0 bridgehead atoms. The van der Waals surface area contributed by atoms with E-state index in [1.807, 2.05) is 4.90 Å². The van der Waals surface area contributed by atoms with Crippen LogP contribution >= 0.6 is 23.2 Å². The molecule has 1 heterocycles. The fraction of sp³-hybridized carbons (Fsp3) is 0.318. The largest absolute Gasteiger partial charge is 0.478 e. The van der Waals surface area contributed by atoms with E-state index < -0.39 is 24.1 Å². The molecule has 0 saturated carbocycles. The van der Waals surface area contributed by atoms with Gasteiger partial charge in [-0.3, -0.25) is 0 Å². The lowest BCUT2D eigenvalue weighted by Crippen LogP contribution is -2.28. The molecule has 0 fully saturated rings. The van der Waals surface area contributed by atoms with Gasteiger partial charge in [-0.1, -0.05) is 35.3 Å². The van der Waals surface area contributed by atoms with E-state index in [9.17, 15) is 23.1 Å². The zero-order valence-electron chi connectivity index (χ0n) is 15.7. The van der Waals surface area contributed by atoms with Crippen LogP contribution in [0.5, 0.6) is 0 Å². The lowest BCUT2D eigenvalue weighted by Gasteiger charge is -2.32. The summed E-state index contributed by atoms with van der Waals surface area (Å²) in [6, 6.07) is 10.9. The van der Waals surface area contributed by atoms with Gasteiger partial charge >= 0.3 is 12.1 Å². The number of aromatic carboxylic acids is 1. The normalized spacial score (nSPS) is 21.7. The van der Waals surface area contributed by atoms with Gasteiger partial charge in [-0.25, -0.2) is 4.79 Å². The summed E-state index contributed by atoms with van der Waals surface area (Å²) in [6.07, 6.45) is -3.11. The molecule has 2 atom stereocenters. The number of hydrogen-bond acceptors (Lipinski definition) is 2. The molecule has 0 amide bonds. The fourth-order valence-corrected chi connectivity index (χ4v) is 4.81. The van der Waals surface area contributed by atoms with Gasteiger partial charge in [0.1, 0.15) is 0 Å². The molecule has 0 spiro atoms. The van der Waals surface area contributed by atoms with Crippen molar-refractivity contribution in [3.05, 3.63) is 74.9 Å². The Morgan fingerprint density at radius 3 is 2.53 bits per heavy atom. The van der Waals surface area contributed by atoms with Gasteiger partial charge in [-0.2, -0.15) is 13.2 Å². The number of carbonyl (C=O) groups is 1. The molecule has 0 radical (unpaired) electrons. The van der Waals surface area contributed by atoms with Crippen LogP contribution in [0.2, 0.25) is 10.0 Å². The second kappa shape index (κ2) is 7.82. The third kappa shape index (κ3) is 3.79. The second-order valence-corrected chi connectivity index (χ2v) is 8.39. The first-order valence-electron chi connectivity index (χ1n) is 9.53. The first-order chi connectivity index (χ1) is 14.2. The van der Waals surface area contributed by atoms with E-state index in [0.717, 1.165) is 5.56 Å². The molecule has 3 nitrogen and oxygen atoms in total. The Hall–Kier alpha value is -2.18. The van der Waals surface area contributed by atoms with Gasteiger partial charge < -0.3 is 10.0 Å². The Labute approximate surface area is 181 Å². The molecule has 2 aliphatic rings. The summed E-state index contributed by atoms with van der Waals surface area (Å²) in [5.41, 5.74) is 2.38. The summed E-state index contributed by atoms with van der Waals surface area (Å²) in [5, 5.41) is 10.1. The van der Waals surface area contributed by atoms with E-state index in [1.54, 1.807) is 30.3 Å². The highest BCUT2D eigenvalue weighted by molar-refractivity contribution is 6.42. The van der Waals surface area contributed by atoms with E-state index in [-0.39, 0.29) is 18.4 Å². The van der Waals surface area contributed by atoms with Crippen molar-refractivity contribution in [2.45, 2.75) is 37.9 Å². The highest BCUT2D eigenvalue weighted by atomic mass is 35.5. The van der Waals surface area contributed by atoms with Gasteiger partial charge in [0.2, 0.25) is 0 Å². The number of carboxylic acid groups (broad SMARTS) is 1. The van der Waals surface area contributed by atoms with Gasteiger partial charge in [0.15, 0.2) is 0 Å². The second-order valence-electron chi connectivity index (χ2n) is 7.58. The Morgan fingerprint density at radius 2 is 1.87 bits per heavy atom. The van der Waals surface area contributed by atoms with Crippen molar-refractivity contribution in [1.29, 1.82) is 0 Å². The third-order valence-electron chi connectivity index (χ3n) is 5.81. The monoisotopic (exact) mass is 455 g/mol. The summed E-state index contributed by atoms with van der Waals surface area (Å²) in [7, 11) is 0. The van der Waals surface area contributed by atoms with Crippen LogP contribution in [0.4, 0.5) is 18.9 Å². The molecule has 8 heteroatoms. The number of benzene rings is 2. The summed E-state index contributed by atoms with van der Waals surface area (Å²) in [5.74, 6) is -2.58. The first-order valence-corrected chi connectivity index (χ1v) is 10.3. The molecule has 2 unspecified atom stereocenters. The molecule has 30 heavy (non-hydrogen) atoms. The SMILES string of the molecule is O=C(O)c1cccc(N2C3=C(CC2c2ccc(Cl)c(Cl)c2)C(C(F)(F)F)CCC3)c1. The molecular weight excluding hydrogens is 438 g/mol. The molecular formula is C22H18Cl2F3NO2. The molecule has 1 aliphatic heterocycles. The van der Waals surface area contributed by atoms with Gasteiger partial charge in [-0.15, -0.1) is 0 Å². The minimum atomic E-state index is -4.32. The van der Waals surface area contributed by atoms with Crippen LogP contribution in [-0.2, 0) is 0 Å². The maximum atomic E-state index is 13.8. The average molecular weight is 456 g/mol. The maximum absolute atomic E-state index is 13.8. The topological polar surface area (TPSA) is 40.5 Å². The smallest absolute Gasteiger partial charge is 0.395 e. The van der Waals surface area contributed by atoms with Crippen LogP contribution in [0.15, 0.2) is 53.7 Å². The quantitative estimate of drug-likeness (QED) is 0.529. The van der Waals surface area contributed by atoms with Crippen LogP contribution < -0.4 is 4.90 Å². The van der Waals surface area contributed by atoms with E-state index >= 15 is 0 Å². The lowest BCUT2D eigenvalue weighted by molar-refractivity contribution is -0.167. The van der Waals surface area contributed by atoms with Gasteiger partial charge in [0.05, 0.1) is 27.6 Å². The zero-order valence-corrected chi connectivity index (χ0v) is 17.2. The van der Waals surface area contributed by atoms with Crippen molar-refractivity contribution in [1.82, 2.24) is 0 Å². The van der Waals surface area contributed by atoms with Crippen molar-refractivity contribution in [2.24, 2.45) is 5.92 Å². The molecule has 1 N–H and O–H groups in total. The fourth-order valence-electron chi connectivity index (χ4n) is 4.50. The molecule has 2 aromatic rings. The number of halogens is 5. The van der Waals surface area contributed by atoms with Crippen LogP contribution in [0.3, 0.4) is 0 Å². The standard InChI is InChI=1S/C22H18Cl2F3NO2/c23-17-8-7-12(10-18(17)24)20-11-15-16(22(25,26)27)5-2-6-19(15)28(20)14-4-1-3-13(9-14)21(29)30/h1,3-4,7-10,16,20H,2,5-6,11H2,(H,29,30). The molecule has 0 aromatic heterocycles. The van der Waals surface area contributed by atoms with Gasteiger partial charge in [0.25, 0.3) is 0 Å². The predicted octanol–water partition coefficient (Wildman–Crippen LogP) is 7.26. The zero-order chi connectivity index (χ0) is 21.6. The summed E-state index contributed by atoms with van der Waals surface area (Å²) < 4.78 is 41.3. The van der Waals surface area contributed by atoms with Crippen molar-refractivity contribution in [2.75, 3.05) is 4.90 Å². The minimum absolute atomic E-state index is 0.0689. The number of rotatable bonds is 3. The van der Waals surface area contributed by atoms with Gasteiger partial charge in [0, 0.05) is 11.4 Å². The first kappa shape index (κ1) is 21.1. The number of nitrogens with zero attached hydrogens (tertiary/aromatic N) is 1. The van der Waals surface area contributed by atoms with E-state index in [1.165, 1.54) is 12.1 Å². The third-order valence-corrected chi connectivity index (χ3v) is 6.55. The molecule has 158 valence electrons. The predicted molar refractivity (Wildman–Crippen MR) is 110 cm³/mol. The number of carboxylic acids is 1. The van der Waals surface area contributed by atoms with E-state index in [4.69, 9.17) is 23.2 Å². The average Bonchev–Trinajstić information content (AvgIpc) is 3.08. The van der Waals surface area contributed by atoms with Crippen molar-refractivity contribution in [3.8, 4) is 0 Å². The van der Waals surface area contributed by atoms with Gasteiger partial charge in [-0.05, 0) is 67.2 Å². The summed E-state index contributed by atoms with van der Waals surface area (Å²) >= 11 is 12.2. The Morgan fingerprint density at radius 1 is 1.10 bits per heavy atom. The highest BCUT2D eigenvalue weighted by Gasteiger charge is 2.48. The number of allylic oxidation sites excluding steroid dienone is 1. The van der Waals surface area contributed by atoms with Crippen LogP contribution in [-0.4, -0.2) is 17.3 Å². The van der Waals surface area contributed by atoms with Crippen molar-refractivity contribution in [3.63, 3.8) is 0 Å². The number of alkyl halides is 3. The molecule has 4 rings (SSSR count). The number of hydrogen-bond donors (Lipinski definition) is 1. The number of anilines is 1. The minimum Gasteiger partial charge on any atom is -0.478 e.